The van der Waals surface area contributed by atoms with Crippen LogP contribution in [0.25, 0.3) is 0 Å². The van der Waals surface area contributed by atoms with Crippen molar-refractivity contribution in [2.75, 3.05) is 6.61 Å². The van der Waals surface area contributed by atoms with Crippen LogP contribution in [0.3, 0.4) is 0 Å². The van der Waals surface area contributed by atoms with Crippen molar-refractivity contribution in [3.8, 4) is 0 Å². The van der Waals surface area contributed by atoms with E-state index in [1.165, 1.54) is 6.42 Å². The van der Waals surface area contributed by atoms with E-state index >= 15 is 0 Å². The summed E-state index contributed by atoms with van der Waals surface area (Å²) in [7, 11) is 0. The number of carbonyl (C=O) groups excluding carboxylic acids is 1. The summed E-state index contributed by atoms with van der Waals surface area (Å²) < 4.78 is 4.95. The lowest BCUT2D eigenvalue weighted by atomic mass is 9.98. The second-order valence-corrected chi connectivity index (χ2v) is 3.65. The van der Waals surface area contributed by atoms with Crippen LogP contribution in [-0.2, 0) is 9.53 Å². The van der Waals surface area contributed by atoms with Gasteiger partial charge in [0.05, 0.1) is 12.2 Å². The molecule has 2 heteroatoms. The molecule has 0 N–H and O–H groups in total. The summed E-state index contributed by atoms with van der Waals surface area (Å²) >= 11 is 0. The fourth-order valence-corrected chi connectivity index (χ4v) is 1.50. The van der Waals surface area contributed by atoms with Crippen molar-refractivity contribution < 1.29 is 9.53 Å². The monoisotopic (exact) mass is 194 g/mol. The fourth-order valence-electron chi connectivity index (χ4n) is 1.50. The molecule has 0 radical (unpaired) electrons. The van der Waals surface area contributed by atoms with E-state index in [-0.39, 0.29) is 5.97 Å². The van der Waals surface area contributed by atoms with E-state index in [4.69, 9.17) is 4.74 Å². The lowest BCUT2D eigenvalue weighted by Crippen LogP contribution is -2.07. The first-order valence-electron chi connectivity index (χ1n) is 5.29. The molecule has 0 fully saturated rings. The summed E-state index contributed by atoms with van der Waals surface area (Å²) in [4.78, 5) is 11.4. The third-order valence-electron chi connectivity index (χ3n) is 2.34. The van der Waals surface area contributed by atoms with Gasteiger partial charge < -0.3 is 4.74 Å². The van der Waals surface area contributed by atoms with Crippen molar-refractivity contribution in [2.45, 2.75) is 33.1 Å². The van der Waals surface area contributed by atoms with Gasteiger partial charge in [-0.3, -0.25) is 0 Å². The molecule has 0 aromatic carbocycles. The van der Waals surface area contributed by atoms with Gasteiger partial charge in [-0.15, -0.1) is 0 Å². The van der Waals surface area contributed by atoms with Gasteiger partial charge >= 0.3 is 5.97 Å². The predicted molar refractivity (Wildman–Crippen MR) is 56.9 cm³/mol. The van der Waals surface area contributed by atoms with Crippen LogP contribution >= 0.6 is 0 Å². The van der Waals surface area contributed by atoms with Gasteiger partial charge in [-0.25, -0.2) is 4.79 Å². The number of allylic oxidation sites excluding steroid dienone is 2. The first-order valence-corrected chi connectivity index (χ1v) is 5.29. The number of hydrogen-bond donors (Lipinski definition) is 0. The maximum absolute atomic E-state index is 11.4. The van der Waals surface area contributed by atoms with E-state index in [1.807, 2.05) is 19.1 Å². The third kappa shape index (κ3) is 3.36. The minimum atomic E-state index is -0.196. The maximum Gasteiger partial charge on any atom is 0.337 e. The third-order valence-corrected chi connectivity index (χ3v) is 2.34. The first kappa shape index (κ1) is 11.0. The zero-order valence-corrected chi connectivity index (χ0v) is 8.95. The number of hydrogen-bond acceptors (Lipinski definition) is 2. The Labute approximate surface area is 85.6 Å². The standard InChI is InChI=1S/C12H18O2/c1-3-14-12(13)11-7-5-4-6-10(2)8-9-11/h7-10H,3-6H2,1-2H3/b9-8-,11-7+. The highest BCUT2D eigenvalue weighted by Gasteiger charge is 2.09. The van der Waals surface area contributed by atoms with Gasteiger partial charge in [-0.05, 0) is 32.1 Å². The minimum Gasteiger partial charge on any atom is -0.462 e. The lowest BCUT2D eigenvalue weighted by Gasteiger charge is -2.09. The largest absolute Gasteiger partial charge is 0.462 e. The number of rotatable bonds is 2. The Morgan fingerprint density at radius 1 is 1.64 bits per heavy atom. The fraction of sp³-hybridized carbons (Fsp3) is 0.583. The first-order chi connectivity index (χ1) is 6.74. The number of carbonyl (C=O) groups is 1. The van der Waals surface area contributed by atoms with Gasteiger partial charge in [0.2, 0.25) is 0 Å². The number of ether oxygens (including phenoxy) is 1. The van der Waals surface area contributed by atoms with Crippen molar-refractivity contribution >= 4 is 5.97 Å². The zero-order valence-electron chi connectivity index (χ0n) is 8.95. The van der Waals surface area contributed by atoms with Crippen molar-refractivity contribution in [1.29, 1.82) is 0 Å². The molecule has 0 amide bonds. The molecular formula is C12H18O2. The van der Waals surface area contributed by atoms with Crippen LogP contribution in [0.2, 0.25) is 0 Å². The normalized spacial score (nSPS) is 28.1. The Hall–Kier alpha value is -1.05. The molecule has 0 saturated heterocycles. The van der Waals surface area contributed by atoms with Crippen LogP contribution in [0, 0.1) is 5.92 Å². The summed E-state index contributed by atoms with van der Waals surface area (Å²) in [5, 5.41) is 0. The van der Waals surface area contributed by atoms with E-state index in [0.717, 1.165) is 12.8 Å². The van der Waals surface area contributed by atoms with Crippen LogP contribution < -0.4 is 0 Å². The average Bonchev–Trinajstić information content (AvgIpc) is 2.12. The Balaban J connectivity index is 2.65. The van der Waals surface area contributed by atoms with Crippen molar-refractivity contribution in [3.63, 3.8) is 0 Å². The second-order valence-electron chi connectivity index (χ2n) is 3.65. The molecule has 1 aliphatic rings. The highest BCUT2D eigenvalue weighted by Crippen LogP contribution is 2.16. The van der Waals surface area contributed by atoms with Gasteiger partial charge in [0.25, 0.3) is 0 Å². The topological polar surface area (TPSA) is 26.3 Å². The molecule has 1 atom stereocenters. The van der Waals surface area contributed by atoms with E-state index in [2.05, 4.69) is 13.0 Å². The minimum absolute atomic E-state index is 0.196. The quantitative estimate of drug-likeness (QED) is 0.632. The zero-order chi connectivity index (χ0) is 10.4. The Morgan fingerprint density at radius 2 is 2.43 bits per heavy atom. The molecule has 1 rings (SSSR count). The number of esters is 1. The summed E-state index contributed by atoms with van der Waals surface area (Å²) in [6, 6.07) is 0. The maximum atomic E-state index is 11.4. The molecule has 0 aromatic heterocycles. The molecule has 1 aliphatic carbocycles. The van der Waals surface area contributed by atoms with Crippen LogP contribution in [0.1, 0.15) is 33.1 Å². The molecule has 0 heterocycles. The van der Waals surface area contributed by atoms with Crippen molar-refractivity contribution in [3.05, 3.63) is 23.8 Å². The van der Waals surface area contributed by atoms with E-state index in [1.54, 1.807) is 0 Å². The van der Waals surface area contributed by atoms with E-state index in [0.29, 0.717) is 18.1 Å². The molecule has 0 spiro atoms. The average molecular weight is 194 g/mol. The van der Waals surface area contributed by atoms with Gasteiger partial charge in [0, 0.05) is 0 Å². The Morgan fingerprint density at radius 3 is 3.14 bits per heavy atom. The summed E-state index contributed by atoms with van der Waals surface area (Å²) in [6.07, 6.45) is 9.27. The van der Waals surface area contributed by atoms with Crippen LogP contribution in [0.15, 0.2) is 23.8 Å². The predicted octanol–water partition coefficient (Wildman–Crippen LogP) is 2.85. The smallest absolute Gasteiger partial charge is 0.337 e. The SMILES string of the molecule is CCOC(=O)C1=C/CCCC(C)/C=C\1. The van der Waals surface area contributed by atoms with Crippen molar-refractivity contribution in [1.82, 2.24) is 0 Å². The van der Waals surface area contributed by atoms with Gasteiger partial charge in [0.1, 0.15) is 0 Å². The van der Waals surface area contributed by atoms with Gasteiger partial charge in [-0.2, -0.15) is 0 Å². The molecule has 78 valence electrons. The summed E-state index contributed by atoms with van der Waals surface area (Å²) in [5.41, 5.74) is 0.707. The molecule has 1 unspecified atom stereocenters. The van der Waals surface area contributed by atoms with Crippen LogP contribution in [-0.4, -0.2) is 12.6 Å². The summed E-state index contributed by atoms with van der Waals surface area (Å²) in [5.74, 6) is 0.367. The van der Waals surface area contributed by atoms with Gasteiger partial charge in [0.15, 0.2) is 0 Å². The second kappa shape index (κ2) is 5.63. The Kier molecular flexibility index (Phi) is 4.44. The molecule has 0 bridgehead atoms. The van der Waals surface area contributed by atoms with Crippen molar-refractivity contribution in [2.24, 2.45) is 5.92 Å². The molecular weight excluding hydrogens is 176 g/mol. The molecule has 2 nitrogen and oxygen atoms in total. The highest BCUT2D eigenvalue weighted by molar-refractivity contribution is 5.91. The molecule has 14 heavy (non-hydrogen) atoms. The molecule has 0 saturated carbocycles. The van der Waals surface area contributed by atoms with Crippen LogP contribution in [0.5, 0.6) is 0 Å². The summed E-state index contributed by atoms with van der Waals surface area (Å²) in [6.45, 7) is 4.44. The Bertz CT molecular complexity index is 251. The highest BCUT2D eigenvalue weighted by atomic mass is 16.5. The molecule has 0 aromatic rings. The van der Waals surface area contributed by atoms with Gasteiger partial charge in [-0.1, -0.05) is 25.2 Å². The van der Waals surface area contributed by atoms with Crippen LogP contribution in [0.4, 0.5) is 0 Å². The lowest BCUT2D eigenvalue weighted by molar-refractivity contribution is -0.138. The van der Waals surface area contributed by atoms with E-state index < -0.39 is 0 Å². The molecule has 0 aliphatic heterocycles. The van der Waals surface area contributed by atoms with E-state index in [9.17, 15) is 4.79 Å².